The van der Waals surface area contributed by atoms with Gasteiger partial charge >= 0.3 is 0 Å². The van der Waals surface area contributed by atoms with Gasteiger partial charge in [0.15, 0.2) is 0 Å². The fraction of sp³-hybridized carbons (Fsp3) is 0.647. The Balaban J connectivity index is 2.20. The van der Waals surface area contributed by atoms with Crippen LogP contribution in [-0.2, 0) is 10.0 Å². The van der Waals surface area contributed by atoms with Crippen LogP contribution in [0.2, 0.25) is 0 Å². The van der Waals surface area contributed by atoms with Crippen molar-refractivity contribution in [2.24, 2.45) is 11.8 Å². The Morgan fingerprint density at radius 1 is 1.26 bits per heavy atom. The van der Waals surface area contributed by atoms with E-state index in [0.29, 0.717) is 0 Å². The standard InChI is InChI=1S/C17H26FNO3S/c1-3-12(2)16(17(20)13-6-4-5-7-13)19-23(21,22)15-10-8-14(18)9-11-15/h8-13,16-17,19-20H,3-7H2,1-2H3/t12-,16-,17?/m0/s1. The van der Waals surface area contributed by atoms with Crippen molar-refractivity contribution in [3.8, 4) is 0 Å². The van der Waals surface area contributed by atoms with E-state index in [4.69, 9.17) is 0 Å². The normalized spacial score (nSPS) is 20.3. The van der Waals surface area contributed by atoms with Crippen LogP contribution in [0.4, 0.5) is 4.39 Å². The number of nitrogens with one attached hydrogen (secondary N) is 1. The van der Waals surface area contributed by atoms with Gasteiger partial charge in [-0.25, -0.2) is 17.5 Å². The molecular formula is C17H26FNO3S. The SMILES string of the molecule is CC[C@H](C)[C@H](NS(=O)(=O)c1ccc(F)cc1)C(O)C1CCCC1. The molecule has 2 rings (SSSR count). The molecule has 1 fully saturated rings. The lowest BCUT2D eigenvalue weighted by Gasteiger charge is -2.32. The minimum Gasteiger partial charge on any atom is -0.391 e. The Kier molecular flexibility index (Phi) is 6.17. The number of hydrogen-bond acceptors (Lipinski definition) is 3. The third-order valence-electron chi connectivity index (χ3n) is 4.92. The maximum Gasteiger partial charge on any atom is 0.240 e. The molecule has 1 aromatic carbocycles. The number of benzene rings is 1. The molecule has 3 atom stereocenters. The highest BCUT2D eigenvalue weighted by Gasteiger charge is 2.35. The van der Waals surface area contributed by atoms with E-state index in [1.54, 1.807) is 0 Å². The summed E-state index contributed by atoms with van der Waals surface area (Å²) in [6, 6.07) is 4.21. The lowest BCUT2D eigenvalue weighted by Crippen LogP contribution is -2.49. The molecule has 1 saturated carbocycles. The zero-order chi connectivity index (χ0) is 17.0. The average Bonchev–Trinajstić information content (AvgIpc) is 3.06. The lowest BCUT2D eigenvalue weighted by atomic mass is 9.87. The second kappa shape index (κ2) is 7.73. The van der Waals surface area contributed by atoms with E-state index < -0.39 is 28.0 Å². The van der Waals surface area contributed by atoms with Crippen LogP contribution in [-0.4, -0.2) is 25.7 Å². The van der Waals surface area contributed by atoms with Crippen molar-refractivity contribution in [3.63, 3.8) is 0 Å². The van der Waals surface area contributed by atoms with E-state index in [1.165, 1.54) is 12.1 Å². The average molecular weight is 343 g/mol. The van der Waals surface area contributed by atoms with Gasteiger partial charge in [-0.2, -0.15) is 0 Å². The van der Waals surface area contributed by atoms with Gasteiger partial charge in [-0.05, 0) is 48.9 Å². The molecular weight excluding hydrogens is 317 g/mol. The van der Waals surface area contributed by atoms with Crippen LogP contribution in [0.25, 0.3) is 0 Å². The van der Waals surface area contributed by atoms with Crippen LogP contribution in [0, 0.1) is 17.7 Å². The van der Waals surface area contributed by atoms with Gasteiger partial charge in [-0.3, -0.25) is 0 Å². The van der Waals surface area contributed by atoms with E-state index >= 15 is 0 Å². The molecule has 0 saturated heterocycles. The first-order chi connectivity index (χ1) is 10.8. The molecule has 0 amide bonds. The van der Waals surface area contributed by atoms with E-state index in [-0.39, 0.29) is 16.7 Å². The monoisotopic (exact) mass is 343 g/mol. The molecule has 0 aliphatic heterocycles. The predicted octanol–water partition coefficient (Wildman–Crippen LogP) is 3.07. The molecule has 1 aliphatic rings. The van der Waals surface area contributed by atoms with Gasteiger partial charge in [0.1, 0.15) is 5.82 Å². The fourth-order valence-electron chi connectivity index (χ4n) is 3.23. The zero-order valence-corrected chi connectivity index (χ0v) is 14.5. The van der Waals surface area contributed by atoms with Gasteiger partial charge < -0.3 is 5.11 Å². The van der Waals surface area contributed by atoms with E-state index in [0.717, 1.165) is 44.2 Å². The van der Waals surface area contributed by atoms with Crippen LogP contribution in [0.5, 0.6) is 0 Å². The summed E-state index contributed by atoms with van der Waals surface area (Å²) in [6.07, 6.45) is 4.11. The quantitative estimate of drug-likeness (QED) is 0.799. The maximum absolute atomic E-state index is 13.0. The predicted molar refractivity (Wildman–Crippen MR) is 87.9 cm³/mol. The number of hydrogen-bond donors (Lipinski definition) is 2. The third-order valence-corrected chi connectivity index (χ3v) is 6.40. The Hall–Kier alpha value is -0.980. The molecule has 0 spiro atoms. The Morgan fingerprint density at radius 3 is 2.35 bits per heavy atom. The molecule has 4 nitrogen and oxygen atoms in total. The molecule has 0 heterocycles. The van der Waals surface area contributed by atoms with Crippen LogP contribution >= 0.6 is 0 Å². The molecule has 1 aromatic rings. The first-order valence-electron chi connectivity index (χ1n) is 8.31. The molecule has 0 bridgehead atoms. The number of sulfonamides is 1. The van der Waals surface area contributed by atoms with Gasteiger partial charge in [0.25, 0.3) is 0 Å². The minimum atomic E-state index is -3.78. The number of halogens is 1. The third kappa shape index (κ3) is 4.52. The Morgan fingerprint density at radius 2 is 1.83 bits per heavy atom. The van der Waals surface area contributed by atoms with Crippen molar-refractivity contribution in [1.82, 2.24) is 4.72 Å². The highest BCUT2D eigenvalue weighted by atomic mass is 32.2. The summed E-state index contributed by atoms with van der Waals surface area (Å²) in [5.41, 5.74) is 0. The largest absolute Gasteiger partial charge is 0.391 e. The summed E-state index contributed by atoms with van der Waals surface area (Å²) in [5.74, 6) is -0.320. The van der Waals surface area contributed by atoms with Gasteiger partial charge in [0.2, 0.25) is 10.0 Å². The lowest BCUT2D eigenvalue weighted by molar-refractivity contribution is 0.0587. The highest BCUT2D eigenvalue weighted by molar-refractivity contribution is 7.89. The minimum absolute atomic E-state index is 0.0147. The molecule has 6 heteroatoms. The summed E-state index contributed by atoms with van der Waals surface area (Å²) in [7, 11) is -3.78. The topological polar surface area (TPSA) is 66.4 Å². The van der Waals surface area contributed by atoms with Gasteiger partial charge in [0.05, 0.1) is 17.0 Å². The summed E-state index contributed by atoms with van der Waals surface area (Å²) >= 11 is 0. The smallest absolute Gasteiger partial charge is 0.240 e. The summed E-state index contributed by atoms with van der Waals surface area (Å²) < 4.78 is 40.8. The Bertz CT molecular complexity index is 597. The molecule has 1 unspecified atom stereocenters. The van der Waals surface area contributed by atoms with Gasteiger partial charge in [0, 0.05) is 0 Å². The maximum atomic E-state index is 13.0. The number of aliphatic hydroxyl groups is 1. The van der Waals surface area contributed by atoms with Crippen molar-refractivity contribution in [1.29, 1.82) is 0 Å². The molecule has 130 valence electrons. The Labute approximate surface area is 138 Å². The van der Waals surface area contributed by atoms with Gasteiger partial charge in [-0.1, -0.05) is 33.1 Å². The van der Waals surface area contributed by atoms with Crippen LogP contribution in [0.3, 0.4) is 0 Å². The second-order valence-corrected chi connectivity index (χ2v) is 8.24. The molecule has 0 aromatic heterocycles. The van der Waals surface area contributed by atoms with Crippen molar-refractivity contribution < 1.29 is 17.9 Å². The molecule has 23 heavy (non-hydrogen) atoms. The number of rotatable bonds is 7. The van der Waals surface area contributed by atoms with Gasteiger partial charge in [-0.15, -0.1) is 0 Å². The van der Waals surface area contributed by atoms with E-state index in [9.17, 15) is 17.9 Å². The summed E-state index contributed by atoms with van der Waals surface area (Å²) in [6.45, 7) is 3.92. The summed E-state index contributed by atoms with van der Waals surface area (Å²) in [5, 5.41) is 10.7. The zero-order valence-electron chi connectivity index (χ0n) is 13.7. The molecule has 0 radical (unpaired) electrons. The first-order valence-corrected chi connectivity index (χ1v) is 9.79. The van der Waals surface area contributed by atoms with Crippen LogP contribution in [0.1, 0.15) is 46.0 Å². The highest BCUT2D eigenvalue weighted by Crippen LogP contribution is 2.31. The van der Waals surface area contributed by atoms with E-state index in [1.807, 2.05) is 13.8 Å². The van der Waals surface area contributed by atoms with Crippen molar-refractivity contribution in [2.45, 2.75) is 63.0 Å². The van der Waals surface area contributed by atoms with Crippen molar-refractivity contribution in [3.05, 3.63) is 30.1 Å². The van der Waals surface area contributed by atoms with E-state index in [2.05, 4.69) is 4.72 Å². The van der Waals surface area contributed by atoms with Crippen LogP contribution < -0.4 is 4.72 Å². The molecule has 2 N–H and O–H groups in total. The van der Waals surface area contributed by atoms with Crippen LogP contribution in [0.15, 0.2) is 29.2 Å². The second-order valence-electron chi connectivity index (χ2n) is 6.52. The van der Waals surface area contributed by atoms with Crippen molar-refractivity contribution >= 4 is 10.0 Å². The number of aliphatic hydroxyl groups excluding tert-OH is 1. The first kappa shape index (κ1) is 18.4. The fourth-order valence-corrected chi connectivity index (χ4v) is 4.59. The molecule has 1 aliphatic carbocycles. The van der Waals surface area contributed by atoms with Crippen molar-refractivity contribution in [2.75, 3.05) is 0 Å². The summed E-state index contributed by atoms with van der Waals surface area (Å²) in [4.78, 5) is 0.0193.